The molecule has 154 valence electrons. The first-order valence-corrected chi connectivity index (χ1v) is 10.4. The lowest BCUT2D eigenvalue weighted by Gasteiger charge is -2.45. The second-order valence-corrected chi connectivity index (χ2v) is 8.18. The number of benzene rings is 2. The van der Waals surface area contributed by atoms with E-state index in [0.717, 1.165) is 50.4 Å². The molecular formula is C24H30N2O3. The van der Waals surface area contributed by atoms with E-state index in [4.69, 9.17) is 9.47 Å². The zero-order chi connectivity index (χ0) is 20.3. The number of hydrogen-bond acceptors (Lipinski definition) is 4. The molecule has 0 atom stereocenters. The Morgan fingerprint density at radius 3 is 2.28 bits per heavy atom. The van der Waals surface area contributed by atoms with E-state index in [0.29, 0.717) is 18.9 Å². The summed E-state index contributed by atoms with van der Waals surface area (Å²) in [5.74, 6) is 2.05. The van der Waals surface area contributed by atoms with Crippen LogP contribution in [0, 0.1) is 0 Å². The number of rotatable bonds is 6. The number of nitrogens with zero attached hydrogens (tertiary/aromatic N) is 2. The maximum absolute atomic E-state index is 12.7. The number of carbonyl (C=O) groups is 1. The lowest BCUT2D eigenvalue weighted by atomic mass is 9.84. The summed E-state index contributed by atoms with van der Waals surface area (Å²) in [4.78, 5) is 17.3. The molecule has 2 aliphatic rings. The van der Waals surface area contributed by atoms with Gasteiger partial charge in [0.05, 0.1) is 14.2 Å². The zero-order valence-electron chi connectivity index (χ0n) is 17.4. The number of amides is 1. The van der Waals surface area contributed by atoms with E-state index < -0.39 is 0 Å². The van der Waals surface area contributed by atoms with Gasteiger partial charge in [0.1, 0.15) is 11.5 Å². The largest absolute Gasteiger partial charge is 0.497 e. The summed E-state index contributed by atoms with van der Waals surface area (Å²) in [5.41, 5.74) is 2.46. The monoisotopic (exact) mass is 394 g/mol. The van der Waals surface area contributed by atoms with Gasteiger partial charge in [-0.2, -0.15) is 0 Å². The molecule has 0 aromatic heterocycles. The molecule has 2 aromatic rings. The molecule has 0 aliphatic carbocycles. The van der Waals surface area contributed by atoms with Crippen LogP contribution in [0.2, 0.25) is 0 Å². The Morgan fingerprint density at radius 2 is 1.59 bits per heavy atom. The molecule has 2 fully saturated rings. The van der Waals surface area contributed by atoms with E-state index in [9.17, 15) is 4.79 Å². The van der Waals surface area contributed by atoms with E-state index in [1.54, 1.807) is 14.2 Å². The molecule has 0 unspecified atom stereocenters. The Labute approximate surface area is 173 Å². The number of methoxy groups -OCH3 is 2. The van der Waals surface area contributed by atoms with Crippen LogP contribution >= 0.6 is 0 Å². The van der Waals surface area contributed by atoms with Crippen LogP contribution < -0.4 is 9.47 Å². The minimum Gasteiger partial charge on any atom is -0.497 e. The maximum Gasteiger partial charge on any atom is 0.223 e. The standard InChI is InChI=1S/C24H30N2O3/c1-28-21-8-6-19(7-9-21)18-26-23(27)10-11-24(26)12-14-25(15-13-24)17-20-4-3-5-22(16-20)29-2/h3-9,16H,10-15,17-18H2,1-2H3. The number of ether oxygens (including phenoxy) is 2. The van der Waals surface area contributed by atoms with Crippen LogP contribution in [0.5, 0.6) is 11.5 Å². The first kappa shape index (κ1) is 19.8. The molecule has 29 heavy (non-hydrogen) atoms. The topological polar surface area (TPSA) is 42.0 Å². The van der Waals surface area contributed by atoms with Gasteiger partial charge in [-0.05, 0) is 54.7 Å². The molecule has 5 heteroatoms. The normalized spacial score (nSPS) is 19.0. The number of piperidine rings is 1. The van der Waals surface area contributed by atoms with E-state index in [1.807, 2.05) is 24.3 Å². The fourth-order valence-corrected chi connectivity index (χ4v) is 4.72. The van der Waals surface area contributed by atoms with Crippen LogP contribution in [0.3, 0.4) is 0 Å². The highest BCUT2D eigenvalue weighted by Crippen LogP contribution is 2.40. The van der Waals surface area contributed by atoms with Crippen LogP contribution in [0.25, 0.3) is 0 Å². The summed E-state index contributed by atoms with van der Waals surface area (Å²) in [6, 6.07) is 16.4. The number of hydrogen-bond donors (Lipinski definition) is 0. The Kier molecular flexibility index (Phi) is 5.76. The van der Waals surface area contributed by atoms with Crippen molar-refractivity contribution in [1.82, 2.24) is 9.80 Å². The minimum absolute atomic E-state index is 0.0158. The van der Waals surface area contributed by atoms with Gasteiger partial charge >= 0.3 is 0 Å². The summed E-state index contributed by atoms with van der Waals surface area (Å²) < 4.78 is 10.6. The number of likely N-dealkylation sites (tertiary alicyclic amines) is 2. The first-order valence-electron chi connectivity index (χ1n) is 10.4. The summed E-state index contributed by atoms with van der Waals surface area (Å²) in [6.07, 6.45) is 3.73. The van der Waals surface area contributed by atoms with E-state index in [-0.39, 0.29) is 5.54 Å². The smallest absolute Gasteiger partial charge is 0.223 e. The average Bonchev–Trinajstić information content (AvgIpc) is 3.06. The summed E-state index contributed by atoms with van der Waals surface area (Å²) in [6.45, 7) is 3.66. The highest BCUT2D eigenvalue weighted by Gasteiger charge is 2.46. The van der Waals surface area contributed by atoms with Crippen molar-refractivity contribution in [2.75, 3.05) is 27.3 Å². The van der Waals surface area contributed by atoms with Gasteiger partial charge in [0.15, 0.2) is 0 Å². The molecule has 4 rings (SSSR count). The van der Waals surface area contributed by atoms with Crippen molar-refractivity contribution >= 4 is 5.91 Å². The molecule has 1 spiro atoms. The average molecular weight is 395 g/mol. The van der Waals surface area contributed by atoms with Crippen LogP contribution in [0.4, 0.5) is 0 Å². The van der Waals surface area contributed by atoms with Crippen molar-refractivity contribution in [3.63, 3.8) is 0 Å². The minimum atomic E-state index is 0.0158. The van der Waals surface area contributed by atoms with Crippen molar-refractivity contribution < 1.29 is 14.3 Å². The lowest BCUT2D eigenvalue weighted by molar-refractivity contribution is -0.133. The fourth-order valence-electron chi connectivity index (χ4n) is 4.72. The predicted octanol–water partition coefficient (Wildman–Crippen LogP) is 3.86. The van der Waals surface area contributed by atoms with Crippen molar-refractivity contribution in [3.05, 3.63) is 59.7 Å². The fraction of sp³-hybridized carbons (Fsp3) is 0.458. The Balaban J connectivity index is 1.40. The van der Waals surface area contributed by atoms with Gasteiger partial charge in [0, 0.05) is 38.1 Å². The van der Waals surface area contributed by atoms with Crippen LogP contribution in [0.1, 0.15) is 36.8 Å². The lowest BCUT2D eigenvalue weighted by Crippen LogP contribution is -2.52. The molecule has 5 nitrogen and oxygen atoms in total. The number of carbonyl (C=O) groups excluding carboxylic acids is 1. The Hall–Kier alpha value is -2.53. The Bertz CT molecular complexity index is 841. The van der Waals surface area contributed by atoms with Crippen LogP contribution in [-0.2, 0) is 17.9 Å². The molecule has 2 heterocycles. The summed E-state index contributed by atoms with van der Waals surface area (Å²) in [5, 5.41) is 0. The quantitative estimate of drug-likeness (QED) is 0.746. The molecule has 2 aromatic carbocycles. The van der Waals surface area contributed by atoms with E-state index >= 15 is 0 Å². The van der Waals surface area contributed by atoms with Crippen molar-refractivity contribution in [2.24, 2.45) is 0 Å². The molecule has 2 aliphatic heterocycles. The third-order valence-corrected chi connectivity index (χ3v) is 6.50. The highest BCUT2D eigenvalue weighted by atomic mass is 16.5. The predicted molar refractivity (Wildman–Crippen MR) is 113 cm³/mol. The second-order valence-electron chi connectivity index (χ2n) is 8.18. The first-order chi connectivity index (χ1) is 14.1. The van der Waals surface area contributed by atoms with Gasteiger partial charge in [-0.25, -0.2) is 0 Å². The third-order valence-electron chi connectivity index (χ3n) is 6.50. The van der Waals surface area contributed by atoms with Gasteiger partial charge in [0.2, 0.25) is 5.91 Å². The zero-order valence-corrected chi connectivity index (χ0v) is 17.4. The van der Waals surface area contributed by atoms with Crippen LogP contribution in [-0.4, -0.2) is 48.6 Å². The maximum atomic E-state index is 12.7. The van der Waals surface area contributed by atoms with Crippen molar-refractivity contribution in [2.45, 2.75) is 44.3 Å². The van der Waals surface area contributed by atoms with E-state index in [2.05, 4.69) is 34.1 Å². The van der Waals surface area contributed by atoms with Gasteiger partial charge in [-0.15, -0.1) is 0 Å². The molecule has 0 N–H and O–H groups in total. The van der Waals surface area contributed by atoms with Crippen LogP contribution in [0.15, 0.2) is 48.5 Å². The van der Waals surface area contributed by atoms with E-state index in [1.165, 1.54) is 11.1 Å². The van der Waals surface area contributed by atoms with Gasteiger partial charge < -0.3 is 14.4 Å². The molecule has 0 saturated carbocycles. The highest BCUT2D eigenvalue weighted by molar-refractivity contribution is 5.79. The molecule has 0 radical (unpaired) electrons. The molecule has 2 saturated heterocycles. The molecule has 0 bridgehead atoms. The molecule has 1 amide bonds. The van der Waals surface area contributed by atoms with Crippen molar-refractivity contribution in [1.29, 1.82) is 0 Å². The second kappa shape index (κ2) is 8.46. The SMILES string of the molecule is COc1ccc(CN2C(=O)CCC23CCN(Cc2cccc(OC)c2)CC3)cc1. The molecular weight excluding hydrogens is 364 g/mol. The summed E-state index contributed by atoms with van der Waals surface area (Å²) in [7, 11) is 3.38. The third kappa shape index (κ3) is 4.25. The van der Waals surface area contributed by atoms with Crippen molar-refractivity contribution in [3.8, 4) is 11.5 Å². The summed E-state index contributed by atoms with van der Waals surface area (Å²) >= 11 is 0. The Morgan fingerprint density at radius 1 is 0.862 bits per heavy atom. The van der Waals surface area contributed by atoms with Gasteiger partial charge in [0.25, 0.3) is 0 Å². The van der Waals surface area contributed by atoms with Gasteiger partial charge in [-0.3, -0.25) is 9.69 Å². The van der Waals surface area contributed by atoms with Gasteiger partial charge in [-0.1, -0.05) is 24.3 Å².